The van der Waals surface area contributed by atoms with Crippen molar-refractivity contribution in [3.05, 3.63) is 56.5 Å². The van der Waals surface area contributed by atoms with Crippen LogP contribution in [-0.4, -0.2) is 42.0 Å². The van der Waals surface area contributed by atoms with Crippen LogP contribution in [0.25, 0.3) is 10.1 Å². The average molecular weight is 544 g/mol. The van der Waals surface area contributed by atoms with Gasteiger partial charge in [0.15, 0.2) is 11.4 Å². The van der Waals surface area contributed by atoms with E-state index in [2.05, 4.69) is 14.4 Å². The van der Waals surface area contributed by atoms with Gasteiger partial charge in [-0.2, -0.15) is 25.2 Å². The van der Waals surface area contributed by atoms with Crippen molar-refractivity contribution in [2.45, 2.75) is 12.2 Å². The molecule has 34 heavy (non-hydrogen) atoms. The number of nitrogens with zero attached hydrogens (tertiary/aromatic N) is 3. The van der Waals surface area contributed by atoms with Crippen molar-refractivity contribution >= 4 is 77.6 Å². The highest BCUT2D eigenvalue weighted by Gasteiger charge is 2.07. The number of aromatic nitrogens is 1. The van der Waals surface area contributed by atoms with Crippen molar-refractivity contribution in [2.75, 3.05) is 5.75 Å². The van der Waals surface area contributed by atoms with Crippen molar-refractivity contribution in [3.63, 3.8) is 0 Å². The van der Waals surface area contributed by atoms with Gasteiger partial charge in [-0.1, -0.05) is 12.1 Å². The molecule has 0 aliphatic rings. The van der Waals surface area contributed by atoms with Crippen LogP contribution in [0.5, 0.6) is 0 Å². The van der Waals surface area contributed by atoms with Crippen LogP contribution in [0.4, 0.5) is 5.13 Å². The number of carboxylic acid groups (broad SMARTS) is 1. The number of hydrogen-bond acceptors (Lipinski definition) is 9. The largest absolute Gasteiger partial charge is 0.477 e. The molecule has 0 aliphatic carbocycles. The topological polar surface area (TPSA) is 230 Å². The molecule has 0 radical (unpaired) electrons. The molecular weight excluding hydrogens is 523 g/mol. The number of hydrogen-bond donors (Lipinski definition) is 5. The second kappa shape index (κ2) is 12.4. The monoisotopic (exact) mass is 543 g/mol. The van der Waals surface area contributed by atoms with Gasteiger partial charge >= 0.3 is 16.2 Å². The lowest BCUT2D eigenvalue weighted by Crippen LogP contribution is -2.21. The number of fused-ring (bicyclic) bond motifs is 1. The molecule has 3 aromatic rings. The zero-order valence-corrected chi connectivity index (χ0v) is 20.7. The van der Waals surface area contributed by atoms with Crippen LogP contribution >= 0.6 is 34.4 Å². The molecule has 0 atom stereocenters. The van der Waals surface area contributed by atoms with Gasteiger partial charge in [-0.05, 0) is 12.1 Å². The highest BCUT2D eigenvalue weighted by atomic mass is 32.2. The summed E-state index contributed by atoms with van der Waals surface area (Å²) < 4.78 is 25.2. The molecule has 1 aromatic carbocycles. The van der Waals surface area contributed by atoms with Crippen LogP contribution in [0.2, 0.25) is 0 Å². The van der Waals surface area contributed by atoms with E-state index in [4.69, 9.17) is 27.4 Å². The standard InChI is InChI=1S/C10H6O3S.C8H15N7O2S3/c11-7-5-9(10(12)13)14-8-4-2-1-3-6(7)8;9-6(15-20(12,16)17)1-2-18-3-5-4-19-8(13-5)14-7(10)11/h1-5H,(H,12,13);4H,1-3H2,(H2,9,15)(H2,12,16,17)(H4,10,11,13,14). The maximum Gasteiger partial charge on any atom is 0.346 e. The number of nitrogens with two attached hydrogens (primary N) is 4. The summed E-state index contributed by atoms with van der Waals surface area (Å²) in [6.45, 7) is 0. The Hall–Kier alpha value is -3.05. The third-order valence-electron chi connectivity index (χ3n) is 3.61. The first-order chi connectivity index (χ1) is 15.9. The summed E-state index contributed by atoms with van der Waals surface area (Å²) in [7, 11) is -3.92. The molecule has 0 unspecified atom stereocenters. The molecule has 0 spiro atoms. The maximum absolute atomic E-state index is 11.4. The minimum Gasteiger partial charge on any atom is -0.477 e. The Balaban J connectivity index is 0.000000254. The first-order valence-electron chi connectivity index (χ1n) is 9.19. The fourth-order valence-electron chi connectivity index (χ4n) is 2.30. The van der Waals surface area contributed by atoms with Crippen LogP contribution in [-0.2, 0) is 16.0 Å². The average Bonchev–Trinajstić information content (AvgIpc) is 3.17. The van der Waals surface area contributed by atoms with E-state index in [1.54, 1.807) is 24.3 Å². The van der Waals surface area contributed by atoms with Crippen molar-refractivity contribution < 1.29 is 18.3 Å². The molecule has 2 aromatic heterocycles. The Morgan fingerprint density at radius 1 is 1.21 bits per heavy atom. The number of aromatic carboxylic acids is 1. The Kier molecular flexibility index (Phi) is 9.94. The van der Waals surface area contributed by atoms with Crippen LogP contribution in [0.1, 0.15) is 21.8 Å². The van der Waals surface area contributed by atoms with E-state index in [0.717, 1.165) is 23.1 Å². The fourth-order valence-corrected chi connectivity index (χ4v) is 5.30. The molecule has 0 amide bonds. The minimum atomic E-state index is -3.92. The third-order valence-corrected chi connectivity index (χ3v) is 6.96. The molecule has 0 bridgehead atoms. The molecule has 12 nitrogen and oxygen atoms in total. The first-order valence-corrected chi connectivity index (χ1v) is 13.5. The lowest BCUT2D eigenvalue weighted by atomic mass is 10.2. The molecule has 0 saturated carbocycles. The summed E-state index contributed by atoms with van der Waals surface area (Å²) in [4.78, 5) is 30.2. The third kappa shape index (κ3) is 9.44. The second-order valence-corrected chi connectivity index (χ2v) is 10.6. The van der Waals surface area contributed by atoms with Crippen LogP contribution in [0, 0.1) is 0 Å². The molecule has 3 rings (SSSR count). The highest BCUT2D eigenvalue weighted by molar-refractivity contribution is 7.98. The maximum atomic E-state index is 11.4. The van der Waals surface area contributed by atoms with Crippen molar-refractivity contribution in [2.24, 2.45) is 31.7 Å². The fraction of sp³-hybridized carbons (Fsp3) is 0.167. The molecule has 0 fully saturated rings. The van der Waals surface area contributed by atoms with Gasteiger partial charge in [0.2, 0.25) is 5.13 Å². The Morgan fingerprint density at radius 2 is 1.91 bits per heavy atom. The van der Waals surface area contributed by atoms with Gasteiger partial charge < -0.3 is 22.3 Å². The van der Waals surface area contributed by atoms with Crippen LogP contribution in [0.3, 0.4) is 0 Å². The smallest absolute Gasteiger partial charge is 0.346 e. The number of aliphatic imine (C=N–C) groups is 1. The van der Waals surface area contributed by atoms with Gasteiger partial charge in [0.05, 0.1) is 5.69 Å². The van der Waals surface area contributed by atoms with Crippen molar-refractivity contribution in [3.8, 4) is 0 Å². The number of thiazole rings is 1. The van der Waals surface area contributed by atoms with Crippen molar-refractivity contribution in [1.29, 1.82) is 0 Å². The Bertz CT molecular complexity index is 1380. The molecule has 16 heteroatoms. The lowest BCUT2D eigenvalue weighted by Gasteiger charge is -1.99. The van der Waals surface area contributed by atoms with Gasteiger partial charge in [0.1, 0.15) is 10.7 Å². The molecule has 182 valence electrons. The molecule has 0 saturated heterocycles. The van der Waals surface area contributed by atoms with E-state index in [9.17, 15) is 18.0 Å². The van der Waals surface area contributed by atoms with E-state index in [0.29, 0.717) is 33.1 Å². The number of guanidine groups is 1. The summed E-state index contributed by atoms with van der Waals surface area (Å²) >= 11 is 3.97. The number of thioether (sulfide) groups is 1. The summed E-state index contributed by atoms with van der Waals surface area (Å²) in [5, 5.41) is 16.4. The summed E-state index contributed by atoms with van der Waals surface area (Å²) in [5.74, 6) is 0.127. The van der Waals surface area contributed by atoms with Gasteiger partial charge in [0, 0.05) is 39.5 Å². The van der Waals surface area contributed by atoms with Crippen LogP contribution < -0.4 is 27.8 Å². The molecular formula is C18H21N7O5S4. The highest BCUT2D eigenvalue weighted by Crippen LogP contribution is 2.22. The predicted molar refractivity (Wildman–Crippen MR) is 138 cm³/mol. The van der Waals surface area contributed by atoms with Gasteiger partial charge in [-0.25, -0.2) is 14.9 Å². The zero-order valence-electron chi connectivity index (χ0n) is 17.4. The SMILES string of the molecule is NC(N)=Nc1nc(CSCCC(N)=NS(N)(=O)=O)cs1.O=C(O)c1cc(=O)c2ccccc2s1. The van der Waals surface area contributed by atoms with Crippen LogP contribution in [0.15, 0.2) is 49.9 Å². The van der Waals surface area contributed by atoms with E-state index in [1.165, 1.54) is 23.1 Å². The summed E-state index contributed by atoms with van der Waals surface area (Å²) in [6, 6.07) is 8.14. The normalized spacial score (nSPS) is 11.5. The molecule has 2 heterocycles. The number of benzene rings is 1. The van der Waals surface area contributed by atoms with Gasteiger partial charge in [-0.3, -0.25) is 4.79 Å². The number of carboxylic acids is 1. The predicted octanol–water partition coefficient (Wildman–Crippen LogP) is 1.19. The van der Waals surface area contributed by atoms with Gasteiger partial charge in [0.25, 0.3) is 0 Å². The zero-order chi connectivity index (χ0) is 25.3. The first kappa shape index (κ1) is 27.2. The summed E-state index contributed by atoms with van der Waals surface area (Å²) in [5.41, 5.74) is 16.5. The van der Waals surface area contributed by atoms with E-state index >= 15 is 0 Å². The summed E-state index contributed by atoms with van der Waals surface area (Å²) in [6.07, 6.45) is 0.325. The second-order valence-electron chi connectivity index (χ2n) is 6.33. The Labute approximate surface area is 206 Å². The van der Waals surface area contributed by atoms with E-state index < -0.39 is 16.2 Å². The number of rotatable bonds is 8. The molecule has 9 N–H and O–H groups in total. The van der Waals surface area contributed by atoms with E-state index in [-0.39, 0.29) is 22.1 Å². The quantitative estimate of drug-likeness (QED) is 0.155. The molecule has 0 aliphatic heterocycles. The minimum absolute atomic E-state index is 0.0144. The Morgan fingerprint density at radius 3 is 2.56 bits per heavy atom. The van der Waals surface area contributed by atoms with Gasteiger partial charge in [-0.15, -0.1) is 27.1 Å². The van der Waals surface area contributed by atoms with E-state index in [1.807, 2.05) is 5.38 Å². The number of amidine groups is 1. The number of carbonyl (C=O) groups is 1. The van der Waals surface area contributed by atoms with Crippen molar-refractivity contribution in [1.82, 2.24) is 4.98 Å². The lowest BCUT2D eigenvalue weighted by molar-refractivity contribution is 0.0702.